The van der Waals surface area contributed by atoms with Gasteiger partial charge in [0.2, 0.25) is 0 Å². The molecule has 1 amide bonds. The van der Waals surface area contributed by atoms with Crippen LogP contribution < -0.4 is 5.32 Å². The first-order valence-electron chi connectivity index (χ1n) is 8.20. The number of pyridine rings is 2. The first-order valence-corrected chi connectivity index (χ1v) is 8.20. The van der Waals surface area contributed by atoms with Gasteiger partial charge in [-0.25, -0.2) is 0 Å². The number of benzene rings is 1. The topological polar surface area (TPSA) is 75.1 Å². The number of fused-ring (bicyclic) bond motifs is 1. The van der Waals surface area contributed by atoms with Gasteiger partial charge in [0.05, 0.1) is 17.2 Å². The minimum atomic E-state index is -0.796. The van der Waals surface area contributed by atoms with Gasteiger partial charge in [0.15, 0.2) is 0 Å². The van der Waals surface area contributed by atoms with Crippen LogP contribution in [0.3, 0.4) is 0 Å². The van der Waals surface area contributed by atoms with E-state index in [4.69, 9.17) is 0 Å². The van der Waals surface area contributed by atoms with Gasteiger partial charge in [0.25, 0.3) is 5.91 Å². The van der Waals surface area contributed by atoms with Crippen LogP contribution in [0.5, 0.6) is 0 Å². The zero-order chi connectivity index (χ0) is 18.0. The van der Waals surface area contributed by atoms with Gasteiger partial charge in [-0.1, -0.05) is 17.7 Å². The van der Waals surface area contributed by atoms with E-state index in [2.05, 4.69) is 21.4 Å². The minimum Gasteiger partial charge on any atom is -0.387 e. The van der Waals surface area contributed by atoms with E-state index in [0.29, 0.717) is 11.1 Å². The standard InChI is InChI=1S/C20H21N3O2/c1-12-7-13(2)19-16(8-12)17(9-14(3)23-19)20(25)22-11-18(24)15-5-4-6-21-10-15/h4-10,18,24H,11H2,1-3H3,(H,22,25). The number of aryl methyl sites for hydroxylation is 3. The maximum Gasteiger partial charge on any atom is 0.252 e. The maximum absolute atomic E-state index is 12.7. The molecule has 3 rings (SSSR count). The normalized spacial score (nSPS) is 12.2. The molecule has 0 aliphatic heterocycles. The fourth-order valence-electron chi connectivity index (χ4n) is 2.97. The number of hydrogen-bond acceptors (Lipinski definition) is 4. The van der Waals surface area contributed by atoms with E-state index < -0.39 is 6.10 Å². The monoisotopic (exact) mass is 335 g/mol. The van der Waals surface area contributed by atoms with Crippen molar-refractivity contribution in [2.24, 2.45) is 0 Å². The molecule has 2 aromatic heterocycles. The van der Waals surface area contributed by atoms with Gasteiger partial charge in [-0.15, -0.1) is 0 Å². The predicted octanol–water partition coefficient (Wildman–Crippen LogP) is 3.02. The van der Waals surface area contributed by atoms with Crippen molar-refractivity contribution in [1.29, 1.82) is 0 Å². The molecule has 1 aromatic carbocycles. The van der Waals surface area contributed by atoms with Gasteiger partial charge >= 0.3 is 0 Å². The summed E-state index contributed by atoms with van der Waals surface area (Å²) in [7, 11) is 0. The lowest BCUT2D eigenvalue weighted by molar-refractivity contribution is 0.0917. The van der Waals surface area contributed by atoms with Gasteiger partial charge in [-0.05, 0) is 44.5 Å². The van der Waals surface area contributed by atoms with Crippen LogP contribution in [0.25, 0.3) is 10.9 Å². The molecule has 0 aliphatic rings. The van der Waals surface area contributed by atoms with Crippen LogP contribution in [0.2, 0.25) is 0 Å². The molecular weight excluding hydrogens is 314 g/mol. The SMILES string of the molecule is Cc1cc(C)c2nc(C)cc(C(=O)NCC(O)c3cccnc3)c2c1. The van der Waals surface area contributed by atoms with Crippen molar-refractivity contribution >= 4 is 16.8 Å². The fourth-order valence-corrected chi connectivity index (χ4v) is 2.97. The quantitative estimate of drug-likeness (QED) is 0.768. The molecule has 0 saturated heterocycles. The van der Waals surface area contributed by atoms with E-state index in [9.17, 15) is 9.90 Å². The van der Waals surface area contributed by atoms with Crippen LogP contribution in [0.15, 0.2) is 42.7 Å². The summed E-state index contributed by atoms with van der Waals surface area (Å²) in [6, 6.07) is 9.35. The third kappa shape index (κ3) is 3.67. The second kappa shape index (κ2) is 6.99. The van der Waals surface area contributed by atoms with E-state index in [0.717, 1.165) is 27.7 Å². The third-order valence-electron chi connectivity index (χ3n) is 4.15. The fraction of sp³-hybridized carbons (Fsp3) is 0.250. The molecule has 1 unspecified atom stereocenters. The zero-order valence-corrected chi connectivity index (χ0v) is 14.6. The molecular formula is C20H21N3O2. The molecule has 0 bridgehead atoms. The number of hydrogen-bond donors (Lipinski definition) is 2. The summed E-state index contributed by atoms with van der Waals surface area (Å²) in [5.74, 6) is -0.219. The molecule has 0 fully saturated rings. The Kier molecular flexibility index (Phi) is 4.76. The zero-order valence-electron chi connectivity index (χ0n) is 14.6. The lowest BCUT2D eigenvalue weighted by atomic mass is 10.0. The number of aliphatic hydroxyl groups is 1. The Morgan fingerprint density at radius 3 is 2.76 bits per heavy atom. The number of aromatic nitrogens is 2. The van der Waals surface area contributed by atoms with Crippen molar-refractivity contribution in [3.05, 3.63) is 70.7 Å². The minimum absolute atomic E-state index is 0.123. The number of amides is 1. The van der Waals surface area contributed by atoms with E-state index in [-0.39, 0.29) is 12.5 Å². The molecule has 25 heavy (non-hydrogen) atoms. The molecule has 2 heterocycles. The number of aliphatic hydroxyl groups excluding tert-OH is 1. The molecule has 5 heteroatoms. The van der Waals surface area contributed by atoms with E-state index in [1.54, 1.807) is 30.6 Å². The second-order valence-electron chi connectivity index (χ2n) is 6.30. The Morgan fingerprint density at radius 1 is 1.24 bits per heavy atom. The molecule has 1 atom stereocenters. The highest BCUT2D eigenvalue weighted by Gasteiger charge is 2.15. The Bertz CT molecular complexity index is 923. The average molecular weight is 335 g/mol. The molecule has 3 aromatic rings. The summed E-state index contributed by atoms with van der Waals surface area (Å²) in [5.41, 5.74) is 5.00. The van der Waals surface area contributed by atoms with Gasteiger partial charge in [-0.2, -0.15) is 0 Å². The van der Waals surface area contributed by atoms with Gasteiger partial charge in [-0.3, -0.25) is 14.8 Å². The largest absolute Gasteiger partial charge is 0.387 e. The summed E-state index contributed by atoms with van der Waals surface area (Å²) >= 11 is 0. The van der Waals surface area contributed by atoms with Gasteiger partial charge in [0, 0.05) is 35.6 Å². The van der Waals surface area contributed by atoms with E-state index in [1.807, 2.05) is 26.8 Å². The summed E-state index contributed by atoms with van der Waals surface area (Å²) < 4.78 is 0. The number of carbonyl (C=O) groups excluding carboxylic acids is 1. The molecule has 0 saturated carbocycles. The van der Waals surface area contributed by atoms with Crippen molar-refractivity contribution in [2.45, 2.75) is 26.9 Å². The van der Waals surface area contributed by atoms with Gasteiger partial charge in [0.1, 0.15) is 0 Å². The Hall–Kier alpha value is -2.79. The third-order valence-corrected chi connectivity index (χ3v) is 4.15. The Balaban J connectivity index is 1.87. The summed E-state index contributed by atoms with van der Waals surface area (Å²) in [6.07, 6.45) is 2.44. The lowest BCUT2D eigenvalue weighted by Gasteiger charge is -2.14. The van der Waals surface area contributed by atoms with Crippen LogP contribution in [0, 0.1) is 20.8 Å². The van der Waals surface area contributed by atoms with Crippen LogP contribution in [-0.2, 0) is 0 Å². The van der Waals surface area contributed by atoms with Crippen molar-refractivity contribution in [1.82, 2.24) is 15.3 Å². The summed E-state index contributed by atoms with van der Waals surface area (Å²) in [5, 5.41) is 13.8. The highest BCUT2D eigenvalue weighted by atomic mass is 16.3. The van der Waals surface area contributed by atoms with Crippen molar-refractivity contribution in [3.8, 4) is 0 Å². The van der Waals surface area contributed by atoms with Crippen molar-refractivity contribution in [3.63, 3.8) is 0 Å². The molecule has 2 N–H and O–H groups in total. The van der Waals surface area contributed by atoms with Crippen molar-refractivity contribution < 1.29 is 9.90 Å². The predicted molar refractivity (Wildman–Crippen MR) is 97.5 cm³/mol. The lowest BCUT2D eigenvalue weighted by Crippen LogP contribution is -2.28. The number of carbonyl (C=O) groups is 1. The Morgan fingerprint density at radius 2 is 2.04 bits per heavy atom. The highest BCUT2D eigenvalue weighted by Crippen LogP contribution is 2.23. The molecule has 128 valence electrons. The maximum atomic E-state index is 12.7. The Labute approximate surface area is 146 Å². The van der Waals surface area contributed by atoms with Crippen LogP contribution in [0.1, 0.15) is 38.8 Å². The van der Waals surface area contributed by atoms with E-state index in [1.165, 1.54) is 0 Å². The van der Waals surface area contributed by atoms with Crippen LogP contribution in [0.4, 0.5) is 0 Å². The van der Waals surface area contributed by atoms with Crippen LogP contribution >= 0.6 is 0 Å². The number of nitrogens with zero attached hydrogens (tertiary/aromatic N) is 2. The van der Waals surface area contributed by atoms with E-state index >= 15 is 0 Å². The van der Waals surface area contributed by atoms with Gasteiger partial charge < -0.3 is 10.4 Å². The van der Waals surface area contributed by atoms with Crippen molar-refractivity contribution in [2.75, 3.05) is 6.54 Å². The summed E-state index contributed by atoms with van der Waals surface area (Å²) in [6.45, 7) is 5.99. The highest BCUT2D eigenvalue weighted by molar-refractivity contribution is 6.07. The second-order valence-corrected chi connectivity index (χ2v) is 6.30. The average Bonchev–Trinajstić information content (AvgIpc) is 2.60. The first kappa shape index (κ1) is 17.0. The summed E-state index contributed by atoms with van der Waals surface area (Å²) in [4.78, 5) is 21.3. The first-order chi connectivity index (χ1) is 12.0. The smallest absolute Gasteiger partial charge is 0.252 e. The molecule has 0 spiro atoms. The van der Waals surface area contributed by atoms with Crippen LogP contribution in [-0.4, -0.2) is 27.5 Å². The molecule has 0 aliphatic carbocycles. The molecule has 0 radical (unpaired) electrons. The molecule has 5 nitrogen and oxygen atoms in total. The number of nitrogens with one attached hydrogen (secondary N) is 1. The number of rotatable bonds is 4.